The number of pyridine rings is 1. The molecule has 7 heteroatoms. The average molecular weight is 300 g/mol. The van der Waals surface area contributed by atoms with Crippen molar-refractivity contribution in [2.45, 2.75) is 25.3 Å². The van der Waals surface area contributed by atoms with E-state index in [1.54, 1.807) is 35.4 Å². The van der Waals surface area contributed by atoms with Crippen molar-refractivity contribution in [2.24, 2.45) is 0 Å². The summed E-state index contributed by atoms with van der Waals surface area (Å²) in [5.41, 5.74) is 0.400. The molecule has 114 valence electrons. The number of amides is 1. The van der Waals surface area contributed by atoms with Crippen molar-refractivity contribution in [1.82, 2.24) is 19.4 Å². The highest BCUT2D eigenvalue weighted by atomic mass is 16.4. The Balaban J connectivity index is 1.81. The van der Waals surface area contributed by atoms with Crippen LogP contribution in [0, 0.1) is 0 Å². The summed E-state index contributed by atoms with van der Waals surface area (Å²) in [5, 5.41) is 9.25. The second-order valence-corrected chi connectivity index (χ2v) is 5.22. The van der Waals surface area contributed by atoms with Crippen LogP contribution < -0.4 is 0 Å². The van der Waals surface area contributed by atoms with Crippen molar-refractivity contribution >= 4 is 11.9 Å². The predicted molar refractivity (Wildman–Crippen MR) is 77.7 cm³/mol. The van der Waals surface area contributed by atoms with Gasteiger partial charge in [0.15, 0.2) is 0 Å². The standard InChI is InChI=1S/C15H16N4O3/c20-14(19-7-2-1-3-12(19)15(21)22)11-4-5-13(17-9-11)18-8-6-16-10-18/h4-6,8-10,12H,1-3,7H2,(H,21,22). The number of rotatable bonds is 3. The van der Waals surface area contributed by atoms with Crippen LogP contribution in [0.15, 0.2) is 37.1 Å². The normalized spacial score (nSPS) is 18.2. The largest absolute Gasteiger partial charge is 0.480 e. The highest BCUT2D eigenvalue weighted by molar-refractivity contribution is 5.96. The van der Waals surface area contributed by atoms with Gasteiger partial charge in [0.05, 0.1) is 5.56 Å². The van der Waals surface area contributed by atoms with Crippen molar-refractivity contribution in [3.63, 3.8) is 0 Å². The number of carbonyl (C=O) groups is 2. The molecular weight excluding hydrogens is 284 g/mol. The van der Waals surface area contributed by atoms with E-state index < -0.39 is 12.0 Å². The lowest BCUT2D eigenvalue weighted by Gasteiger charge is -2.32. The zero-order valence-corrected chi connectivity index (χ0v) is 11.9. The Kier molecular flexibility index (Phi) is 3.86. The minimum Gasteiger partial charge on any atom is -0.480 e. The first kappa shape index (κ1) is 14.2. The molecular formula is C15H16N4O3. The van der Waals surface area contributed by atoms with Crippen LogP contribution in [-0.4, -0.2) is 49.0 Å². The lowest BCUT2D eigenvalue weighted by Crippen LogP contribution is -2.48. The molecule has 1 N–H and O–H groups in total. The fourth-order valence-electron chi connectivity index (χ4n) is 2.66. The van der Waals surface area contributed by atoms with Crippen LogP contribution >= 0.6 is 0 Å². The van der Waals surface area contributed by atoms with Crippen LogP contribution in [0.25, 0.3) is 5.82 Å². The first-order valence-corrected chi connectivity index (χ1v) is 7.15. The molecule has 1 unspecified atom stereocenters. The summed E-state index contributed by atoms with van der Waals surface area (Å²) in [4.78, 5) is 33.4. The highest BCUT2D eigenvalue weighted by Gasteiger charge is 2.32. The second-order valence-electron chi connectivity index (χ2n) is 5.22. The number of imidazole rings is 1. The molecule has 0 bridgehead atoms. The van der Waals surface area contributed by atoms with Gasteiger partial charge in [-0.25, -0.2) is 14.8 Å². The molecule has 1 aliphatic rings. The van der Waals surface area contributed by atoms with E-state index in [4.69, 9.17) is 0 Å². The number of hydrogen-bond acceptors (Lipinski definition) is 4. The number of carboxylic acids is 1. The van der Waals surface area contributed by atoms with E-state index in [9.17, 15) is 14.7 Å². The number of nitrogens with zero attached hydrogens (tertiary/aromatic N) is 4. The molecule has 1 atom stereocenters. The number of aliphatic carboxylic acids is 1. The Bertz CT molecular complexity index is 667. The van der Waals surface area contributed by atoms with Crippen LogP contribution in [0.5, 0.6) is 0 Å². The van der Waals surface area contributed by atoms with Crippen molar-refractivity contribution in [1.29, 1.82) is 0 Å². The second kappa shape index (κ2) is 5.97. The van der Waals surface area contributed by atoms with Gasteiger partial charge in [-0.1, -0.05) is 0 Å². The van der Waals surface area contributed by atoms with Gasteiger partial charge in [0, 0.05) is 25.1 Å². The number of carboxylic acid groups (broad SMARTS) is 1. The highest BCUT2D eigenvalue weighted by Crippen LogP contribution is 2.20. The first-order chi connectivity index (χ1) is 10.7. The van der Waals surface area contributed by atoms with Crippen molar-refractivity contribution in [3.8, 4) is 5.82 Å². The maximum Gasteiger partial charge on any atom is 0.326 e. The van der Waals surface area contributed by atoms with Crippen molar-refractivity contribution < 1.29 is 14.7 Å². The zero-order chi connectivity index (χ0) is 15.5. The topological polar surface area (TPSA) is 88.3 Å². The Hall–Kier alpha value is -2.70. The lowest BCUT2D eigenvalue weighted by molar-refractivity contribution is -0.143. The van der Waals surface area contributed by atoms with Crippen LogP contribution in [-0.2, 0) is 4.79 Å². The number of hydrogen-bond donors (Lipinski definition) is 1. The van der Waals surface area contributed by atoms with Gasteiger partial charge < -0.3 is 10.0 Å². The number of aromatic nitrogens is 3. The van der Waals surface area contributed by atoms with Crippen LogP contribution in [0.3, 0.4) is 0 Å². The minimum atomic E-state index is -0.948. The monoisotopic (exact) mass is 300 g/mol. The molecule has 3 rings (SSSR count). The van der Waals surface area contributed by atoms with Crippen LogP contribution in [0.4, 0.5) is 0 Å². The number of piperidine rings is 1. The van der Waals surface area contributed by atoms with Gasteiger partial charge in [0.25, 0.3) is 5.91 Å². The third-order valence-electron chi connectivity index (χ3n) is 3.81. The molecule has 1 amide bonds. The SMILES string of the molecule is O=C(O)C1CCCCN1C(=O)c1ccc(-n2ccnc2)nc1. The third-order valence-corrected chi connectivity index (χ3v) is 3.81. The fraction of sp³-hybridized carbons (Fsp3) is 0.333. The molecule has 1 aliphatic heterocycles. The van der Waals surface area contributed by atoms with Gasteiger partial charge in [0.2, 0.25) is 0 Å². The zero-order valence-electron chi connectivity index (χ0n) is 11.9. The van der Waals surface area contributed by atoms with E-state index in [2.05, 4.69) is 9.97 Å². The van der Waals surface area contributed by atoms with Crippen molar-refractivity contribution in [2.75, 3.05) is 6.54 Å². The van der Waals surface area contributed by atoms with E-state index in [1.807, 2.05) is 0 Å². The maximum atomic E-state index is 12.5. The van der Waals surface area contributed by atoms with E-state index in [-0.39, 0.29) is 5.91 Å². The maximum absolute atomic E-state index is 12.5. The quantitative estimate of drug-likeness (QED) is 0.924. The molecule has 1 saturated heterocycles. The van der Waals surface area contributed by atoms with Gasteiger partial charge in [-0.05, 0) is 31.4 Å². The van der Waals surface area contributed by atoms with E-state index >= 15 is 0 Å². The molecule has 22 heavy (non-hydrogen) atoms. The Morgan fingerprint density at radius 3 is 2.77 bits per heavy atom. The Labute approximate surface area is 127 Å². The van der Waals surface area contributed by atoms with Crippen LogP contribution in [0.1, 0.15) is 29.6 Å². The summed E-state index contributed by atoms with van der Waals surface area (Å²) >= 11 is 0. The lowest BCUT2D eigenvalue weighted by atomic mass is 10.0. The molecule has 1 fully saturated rings. The summed E-state index contributed by atoms with van der Waals surface area (Å²) < 4.78 is 1.73. The summed E-state index contributed by atoms with van der Waals surface area (Å²) in [6.07, 6.45) is 8.66. The summed E-state index contributed by atoms with van der Waals surface area (Å²) in [7, 11) is 0. The Morgan fingerprint density at radius 1 is 1.27 bits per heavy atom. The van der Waals surface area contributed by atoms with E-state index in [0.29, 0.717) is 24.3 Å². The minimum absolute atomic E-state index is 0.281. The van der Waals surface area contributed by atoms with Gasteiger partial charge in [-0.3, -0.25) is 9.36 Å². The van der Waals surface area contributed by atoms with E-state index in [1.165, 1.54) is 11.1 Å². The summed E-state index contributed by atoms with van der Waals surface area (Å²) in [5.74, 6) is -0.574. The molecule has 0 saturated carbocycles. The third kappa shape index (κ3) is 2.69. The van der Waals surface area contributed by atoms with Crippen molar-refractivity contribution in [3.05, 3.63) is 42.6 Å². The Morgan fingerprint density at radius 2 is 2.14 bits per heavy atom. The molecule has 0 aliphatic carbocycles. The smallest absolute Gasteiger partial charge is 0.326 e. The molecule has 2 aromatic heterocycles. The fourth-order valence-corrected chi connectivity index (χ4v) is 2.66. The molecule has 0 radical (unpaired) electrons. The molecule has 0 spiro atoms. The van der Waals surface area contributed by atoms with Gasteiger partial charge >= 0.3 is 5.97 Å². The van der Waals surface area contributed by atoms with Crippen LogP contribution in [0.2, 0.25) is 0 Å². The van der Waals surface area contributed by atoms with E-state index in [0.717, 1.165) is 12.8 Å². The summed E-state index contributed by atoms with van der Waals surface area (Å²) in [6.45, 7) is 0.471. The predicted octanol–water partition coefficient (Wildman–Crippen LogP) is 1.35. The van der Waals surface area contributed by atoms with Gasteiger partial charge in [0.1, 0.15) is 18.2 Å². The molecule has 3 heterocycles. The van der Waals surface area contributed by atoms with Gasteiger partial charge in [-0.2, -0.15) is 0 Å². The number of likely N-dealkylation sites (tertiary alicyclic amines) is 1. The summed E-state index contributed by atoms with van der Waals surface area (Å²) in [6, 6.07) is 2.64. The molecule has 0 aromatic carbocycles. The van der Waals surface area contributed by atoms with Gasteiger partial charge in [-0.15, -0.1) is 0 Å². The first-order valence-electron chi connectivity index (χ1n) is 7.15. The number of carbonyl (C=O) groups excluding carboxylic acids is 1. The average Bonchev–Trinajstić information content (AvgIpc) is 3.09. The molecule has 7 nitrogen and oxygen atoms in total. The molecule has 2 aromatic rings.